The number of hydrogen-bond acceptors (Lipinski definition) is 3. The Hall–Kier alpha value is -4.51. The van der Waals surface area contributed by atoms with E-state index in [0.717, 1.165) is 45.6 Å². The van der Waals surface area contributed by atoms with E-state index in [0.29, 0.717) is 17.8 Å². The molecule has 3 aromatic carbocycles. The molecule has 1 aromatic heterocycles. The average Bonchev–Trinajstić information content (AvgIpc) is 3.33. The van der Waals surface area contributed by atoms with Gasteiger partial charge in [0.15, 0.2) is 0 Å². The minimum atomic E-state index is -0.182. The Morgan fingerprint density at radius 1 is 0.972 bits per heavy atom. The number of anilines is 2. The zero-order chi connectivity index (χ0) is 25.1. The summed E-state index contributed by atoms with van der Waals surface area (Å²) in [4.78, 5) is 32.4. The lowest BCUT2D eigenvalue weighted by Gasteiger charge is -2.18. The Morgan fingerprint density at radius 2 is 1.78 bits per heavy atom. The predicted molar refractivity (Wildman–Crippen MR) is 145 cm³/mol. The summed E-state index contributed by atoms with van der Waals surface area (Å²) in [7, 11) is 0. The van der Waals surface area contributed by atoms with Gasteiger partial charge in [0, 0.05) is 35.4 Å². The van der Waals surface area contributed by atoms with Crippen LogP contribution < -0.4 is 10.2 Å². The molecule has 4 aromatic rings. The number of amides is 2. The van der Waals surface area contributed by atoms with Gasteiger partial charge in [-0.1, -0.05) is 60.7 Å². The molecule has 0 fully saturated rings. The lowest BCUT2D eigenvalue weighted by atomic mass is 9.95. The fraction of sp³-hybridized carbons (Fsp3) is 0.129. The lowest BCUT2D eigenvalue weighted by molar-refractivity contribution is -0.117. The molecule has 178 valence electrons. The van der Waals surface area contributed by atoms with Crippen molar-refractivity contribution in [3.8, 4) is 11.1 Å². The number of carbonyl (C=O) groups is 2. The molecule has 0 aliphatic carbocycles. The molecule has 0 radical (unpaired) electrons. The summed E-state index contributed by atoms with van der Waals surface area (Å²) in [6.07, 6.45) is 2.71. The van der Waals surface area contributed by atoms with Crippen molar-refractivity contribution in [1.29, 1.82) is 0 Å². The number of aromatic nitrogens is 1. The van der Waals surface area contributed by atoms with Gasteiger partial charge in [-0.3, -0.25) is 14.6 Å². The smallest absolute Gasteiger partial charge is 0.256 e. The first kappa shape index (κ1) is 23.2. The first-order valence-corrected chi connectivity index (χ1v) is 12.0. The molecule has 1 aliphatic heterocycles. The molecule has 0 bridgehead atoms. The molecule has 0 saturated heterocycles. The van der Waals surface area contributed by atoms with Gasteiger partial charge in [0.1, 0.15) is 0 Å². The summed E-state index contributed by atoms with van der Waals surface area (Å²) in [5, 5.41) is 3.07. The topological polar surface area (TPSA) is 62.3 Å². The summed E-state index contributed by atoms with van der Waals surface area (Å²) in [6.45, 7) is 6.58. The number of benzene rings is 3. The molecule has 0 unspecified atom stereocenters. The van der Waals surface area contributed by atoms with Gasteiger partial charge in [-0.15, -0.1) is 0 Å². The van der Waals surface area contributed by atoms with Crippen LogP contribution >= 0.6 is 0 Å². The molecule has 5 heteroatoms. The number of allylic oxidation sites excluding steroid dienone is 1. The van der Waals surface area contributed by atoms with Crippen LogP contribution in [0, 0.1) is 0 Å². The minimum absolute atomic E-state index is 0.0216. The fourth-order valence-corrected chi connectivity index (χ4v) is 4.56. The Balaban J connectivity index is 1.38. The quantitative estimate of drug-likeness (QED) is 0.364. The van der Waals surface area contributed by atoms with Crippen LogP contribution in [0.3, 0.4) is 0 Å². The summed E-state index contributed by atoms with van der Waals surface area (Å²) in [5.41, 5.74) is 7.66. The molecule has 5 rings (SSSR count). The first-order chi connectivity index (χ1) is 17.5. The third-order valence-corrected chi connectivity index (χ3v) is 6.43. The van der Waals surface area contributed by atoms with Gasteiger partial charge < -0.3 is 10.2 Å². The van der Waals surface area contributed by atoms with Crippen LogP contribution in [0.1, 0.15) is 34.1 Å². The third-order valence-electron chi connectivity index (χ3n) is 6.43. The molecule has 1 N–H and O–H groups in total. The summed E-state index contributed by atoms with van der Waals surface area (Å²) < 4.78 is 0. The SMILES string of the molecule is C=C(C)c1ccc(-c2ccccc2)c(C(=O)Nc2ccc3c(c2)CCN3C(=O)Cc2ccccn2)c1. The molecular weight excluding hydrogens is 446 g/mol. The van der Waals surface area contributed by atoms with Crippen molar-refractivity contribution >= 4 is 28.8 Å². The van der Waals surface area contributed by atoms with Gasteiger partial charge in [-0.25, -0.2) is 0 Å². The second kappa shape index (κ2) is 10.0. The zero-order valence-corrected chi connectivity index (χ0v) is 20.2. The number of nitrogens with one attached hydrogen (secondary N) is 1. The summed E-state index contributed by atoms with van der Waals surface area (Å²) >= 11 is 0. The Labute approximate surface area is 211 Å². The van der Waals surface area contributed by atoms with Crippen LogP contribution in [0.25, 0.3) is 16.7 Å². The van der Waals surface area contributed by atoms with E-state index >= 15 is 0 Å². The van der Waals surface area contributed by atoms with E-state index in [9.17, 15) is 9.59 Å². The van der Waals surface area contributed by atoms with Crippen molar-refractivity contribution in [3.63, 3.8) is 0 Å². The summed E-state index contributed by atoms with van der Waals surface area (Å²) in [6, 6.07) is 27.1. The second-order valence-electron chi connectivity index (χ2n) is 9.00. The standard InChI is InChI=1S/C31H27N3O2/c1-21(2)23-11-13-27(22-8-4-3-5-9-22)28(19-23)31(36)33-26-12-14-29-24(18-26)15-17-34(29)30(35)20-25-10-6-7-16-32-25/h3-14,16,18-19H,1,15,17,20H2,2H3,(H,33,36). The average molecular weight is 474 g/mol. The van der Waals surface area contributed by atoms with Crippen molar-refractivity contribution in [2.75, 3.05) is 16.8 Å². The van der Waals surface area contributed by atoms with Crippen molar-refractivity contribution in [3.05, 3.63) is 120 Å². The van der Waals surface area contributed by atoms with E-state index in [-0.39, 0.29) is 18.2 Å². The van der Waals surface area contributed by atoms with Gasteiger partial charge in [-0.2, -0.15) is 0 Å². The normalized spacial score (nSPS) is 12.2. The van der Waals surface area contributed by atoms with Crippen LogP contribution in [0.2, 0.25) is 0 Å². The monoisotopic (exact) mass is 473 g/mol. The van der Waals surface area contributed by atoms with E-state index in [1.54, 1.807) is 11.1 Å². The van der Waals surface area contributed by atoms with E-state index in [2.05, 4.69) is 16.9 Å². The number of nitrogens with zero attached hydrogens (tertiary/aromatic N) is 2. The number of carbonyl (C=O) groups excluding carboxylic acids is 2. The first-order valence-electron chi connectivity index (χ1n) is 12.0. The maximum absolute atomic E-state index is 13.4. The van der Waals surface area contributed by atoms with Gasteiger partial charge in [-0.05, 0) is 72.0 Å². The highest BCUT2D eigenvalue weighted by molar-refractivity contribution is 6.09. The number of rotatable bonds is 6. The molecule has 0 saturated carbocycles. The molecular formula is C31H27N3O2. The molecule has 5 nitrogen and oxygen atoms in total. The molecule has 1 aliphatic rings. The third kappa shape index (κ3) is 4.82. The van der Waals surface area contributed by atoms with Gasteiger partial charge in [0.2, 0.25) is 5.91 Å². The van der Waals surface area contributed by atoms with Crippen LogP contribution in [-0.4, -0.2) is 23.3 Å². The van der Waals surface area contributed by atoms with E-state index in [1.807, 2.05) is 91.9 Å². The Bertz CT molecular complexity index is 1450. The van der Waals surface area contributed by atoms with Gasteiger partial charge >= 0.3 is 0 Å². The highest BCUT2D eigenvalue weighted by atomic mass is 16.2. The summed E-state index contributed by atoms with van der Waals surface area (Å²) in [5.74, 6) is -0.161. The van der Waals surface area contributed by atoms with Gasteiger partial charge in [0.25, 0.3) is 5.91 Å². The number of hydrogen-bond donors (Lipinski definition) is 1. The maximum atomic E-state index is 13.4. The van der Waals surface area contributed by atoms with Crippen molar-refractivity contribution in [2.45, 2.75) is 19.8 Å². The zero-order valence-electron chi connectivity index (χ0n) is 20.2. The van der Waals surface area contributed by atoms with E-state index < -0.39 is 0 Å². The number of fused-ring (bicyclic) bond motifs is 1. The highest BCUT2D eigenvalue weighted by Crippen LogP contribution is 2.32. The van der Waals surface area contributed by atoms with Crippen LogP contribution in [0.5, 0.6) is 0 Å². The van der Waals surface area contributed by atoms with Crippen LogP contribution in [0.15, 0.2) is 97.7 Å². The van der Waals surface area contributed by atoms with Crippen molar-refractivity contribution in [1.82, 2.24) is 4.98 Å². The predicted octanol–water partition coefficient (Wildman–Crippen LogP) is 6.17. The largest absolute Gasteiger partial charge is 0.322 e. The molecule has 0 atom stereocenters. The van der Waals surface area contributed by atoms with E-state index in [1.165, 1.54) is 0 Å². The van der Waals surface area contributed by atoms with Crippen molar-refractivity contribution < 1.29 is 9.59 Å². The van der Waals surface area contributed by atoms with Crippen molar-refractivity contribution in [2.24, 2.45) is 0 Å². The second-order valence-corrected chi connectivity index (χ2v) is 9.00. The Kier molecular flexibility index (Phi) is 6.46. The van der Waals surface area contributed by atoms with E-state index in [4.69, 9.17) is 0 Å². The van der Waals surface area contributed by atoms with Crippen LogP contribution in [0.4, 0.5) is 11.4 Å². The lowest BCUT2D eigenvalue weighted by Crippen LogP contribution is -2.30. The molecule has 0 spiro atoms. The molecule has 36 heavy (non-hydrogen) atoms. The Morgan fingerprint density at radius 3 is 2.53 bits per heavy atom. The maximum Gasteiger partial charge on any atom is 0.256 e. The molecule has 2 heterocycles. The number of pyridine rings is 1. The van der Waals surface area contributed by atoms with Gasteiger partial charge in [0.05, 0.1) is 6.42 Å². The fourth-order valence-electron chi connectivity index (χ4n) is 4.56. The highest BCUT2D eigenvalue weighted by Gasteiger charge is 2.25. The minimum Gasteiger partial charge on any atom is -0.322 e. The molecule has 2 amide bonds. The van der Waals surface area contributed by atoms with Crippen LogP contribution in [-0.2, 0) is 17.6 Å².